The molecule has 0 bridgehead atoms. The van der Waals surface area contributed by atoms with Crippen LogP contribution in [0.1, 0.15) is 94.2 Å². The van der Waals surface area contributed by atoms with Gasteiger partial charge in [0.2, 0.25) is 0 Å². The van der Waals surface area contributed by atoms with E-state index in [0.29, 0.717) is 11.3 Å². The minimum absolute atomic E-state index is 0.0196. The smallest absolute Gasteiger partial charge is 0.360 e. The Hall–Kier alpha value is -2.70. The van der Waals surface area contributed by atoms with E-state index in [4.69, 9.17) is 14.4 Å². The zero-order valence-corrected chi connectivity index (χ0v) is 26.0. The second-order valence-electron chi connectivity index (χ2n) is 13.0. The first-order chi connectivity index (χ1) is 17.3. The summed E-state index contributed by atoms with van der Waals surface area (Å²) in [5.74, 6) is -0.245. The lowest BCUT2D eigenvalue weighted by atomic mass is 9.92. The molecule has 0 saturated heterocycles. The van der Waals surface area contributed by atoms with Gasteiger partial charge in [-0.1, -0.05) is 104 Å². The van der Waals surface area contributed by atoms with Gasteiger partial charge in [0.05, 0.1) is 12.8 Å². The van der Waals surface area contributed by atoms with Crippen molar-refractivity contribution >= 4 is 23.2 Å². The van der Waals surface area contributed by atoms with Crippen LogP contribution in [0.25, 0.3) is 0 Å². The summed E-state index contributed by atoms with van der Waals surface area (Å²) in [5.41, 5.74) is 2.96. The minimum Gasteiger partial charge on any atom is -0.464 e. The normalized spacial score (nSPS) is 22.8. The number of methoxy groups -OCH3 is 1. The highest BCUT2D eigenvalue weighted by molar-refractivity contribution is 6.43. The maximum absolute atomic E-state index is 12.0. The molecule has 38 heavy (non-hydrogen) atoms. The van der Waals surface area contributed by atoms with Crippen LogP contribution >= 0.6 is 0 Å². The van der Waals surface area contributed by atoms with Crippen LogP contribution < -0.4 is 0 Å². The Labute approximate surface area is 229 Å². The fraction of sp³-hybridized carbons (Fsp3) is 0.677. The van der Waals surface area contributed by atoms with Crippen LogP contribution in [-0.2, 0) is 30.6 Å². The van der Waals surface area contributed by atoms with Crippen molar-refractivity contribution < 1.29 is 24.0 Å². The van der Waals surface area contributed by atoms with Crippen LogP contribution in [-0.4, -0.2) is 37.4 Å². The van der Waals surface area contributed by atoms with Gasteiger partial charge in [-0.25, -0.2) is 4.79 Å². The number of nitrogens with zero attached hydrogens (tertiary/aromatic N) is 2. The number of carbonyl (C=O) groups excluding carboxylic acids is 2. The lowest BCUT2D eigenvalue weighted by molar-refractivity contribution is -0.132. The van der Waals surface area contributed by atoms with Gasteiger partial charge in [-0.3, -0.25) is 4.79 Å². The first kappa shape index (κ1) is 31.5. The molecule has 0 aliphatic heterocycles. The Morgan fingerprint density at radius 3 is 1.58 bits per heavy atom. The molecule has 1 aromatic rings. The van der Waals surface area contributed by atoms with E-state index in [1.54, 1.807) is 13.0 Å². The van der Waals surface area contributed by atoms with Crippen molar-refractivity contribution in [2.24, 2.45) is 42.8 Å². The first-order valence-corrected chi connectivity index (χ1v) is 13.2. The van der Waals surface area contributed by atoms with Gasteiger partial charge < -0.3 is 14.4 Å². The molecule has 0 spiro atoms. The number of hydrogen-bond donors (Lipinski definition) is 0. The standard InChI is InChI=1S/C21H30N2O4.C10H18O/c1-14(21(6)19(2,3)20(21,4)5)22-27-13-15-11-9-10-12-16(15)17(23-26-8)18(24)25-7;1-7(11)10(6)8(2,3)9(10,4)5/h9-12H,13H2,1-8H3;1-6H3/b22-14-,23-17-;. The zero-order valence-electron chi connectivity index (χ0n) is 26.0. The number of carbonyl (C=O) groups is 2. The van der Waals surface area contributed by atoms with Crippen molar-refractivity contribution in [3.05, 3.63) is 35.4 Å². The number of benzene rings is 1. The molecule has 0 radical (unpaired) electrons. The number of oxime groups is 2. The molecule has 212 valence electrons. The number of ketones is 1. The second-order valence-corrected chi connectivity index (χ2v) is 13.0. The lowest BCUT2D eigenvalue weighted by Gasteiger charge is -2.15. The summed E-state index contributed by atoms with van der Waals surface area (Å²) in [6.45, 7) is 26.0. The van der Waals surface area contributed by atoms with Crippen LogP contribution in [0.4, 0.5) is 0 Å². The highest BCUT2D eigenvalue weighted by Crippen LogP contribution is 2.78. The molecule has 0 heterocycles. The first-order valence-electron chi connectivity index (χ1n) is 13.2. The van der Waals surface area contributed by atoms with Gasteiger partial charge in [0.25, 0.3) is 0 Å². The van der Waals surface area contributed by atoms with Crippen LogP contribution in [0, 0.1) is 32.5 Å². The summed E-state index contributed by atoms with van der Waals surface area (Å²) in [7, 11) is 2.69. The van der Waals surface area contributed by atoms with Crippen molar-refractivity contribution in [1.29, 1.82) is 0 Å². The van der Waals surface area contributed by atoms with Crippen molar-refractivity contribution in [2.75, 3.05) is 14.2 Å². The molecule has 2 aliphatic rings. The molecule has 7 nitrogen and oxygen atoms in total. The van der Waals surface area contributed by atoms with E-state index in [1.807, 2.05) is 25.1 Å². The van der Waals surface area contributed by atoms with Crippen molar-refractivity contribution in [3.63, 3.8) is 0 Å². The third-order valence-corrected chi connectivity index (χ3v) is 11.7. The van der Waals surface area contributed by atoms with E-state index >= 15 is 0 Å². The van der Waals surface area contributed by atoms with Crippen LogP contribution in [0.2, 0.25) is 0 Å². The third-order valence-electron chi connectivity index (χ3n) is 11.7. The fourth-order valence-corrected chi connectivity index (χ4v) is 6.52. The van der Waals surface area contributed by atoms with Crippen molar-refractivity contribution in [2.45, 2.75) is 89.7 Å². The molecular weight excluding hydrogens is 480 g/mol. The molecule has 2 aliphatic carbocycles. The van der Waals surface area contributed by atoms with Crippen molar-refractivity contribution in [1.82, 2.24) is 0 Å². The molecule has 2 saturated carbocycles. The lowest BCUT2D eigenvalue weighted by Crippen LogP contribution is -2.20. The highest BCUT2D eigenvalue weighted by atomic mass is 16.6. The topological polar surface area (TPSA) is 86.5 Å². The maximum Gasteiger partial charge on any atom is 0.360 e. The summed E-state index contributed by atoms with van der Waals surface area (Å²) < 4.78 is 4.80. The van der Waals surface area contributed by atoms with Gasteiger partial charge in [0.1, 0.15) is 19.5 Å². The zero-order chi connectivity index (χ0) is 29.5. The quantitative estimate of drug-likeness (QED) is 0.210. The molecule has 1 aromatic carbocycles. The van der Waals surface area contributed by atoms with Crippen LogP contribution in [0.3, 0.4) is 0 Å². The van der Waals surface area contributed by atoms with E-state index in [2.05, 4.69) is 79.5 Å². The Balaban J connectivity index is 0.000000384. The van der Waals surface area contributed by atoms with Gasteiger partial charge in [0, 0.05) is 22.0 Å². The van der Waals surface area contributed by atoms with Crippen LogP contribution in [0.5, 0.6) is 0 Å². The summed E-state index contributed by atoms with van der Waals surface area (Å²) >= 11 is 0. The monoisotopic (exact) mass is 528 g/mol. The van der Waals surface area contributed by atoms with E-state index < -0.39 is 5.97 Å². The summed E-state index contributed by atoms with van der Waals surface area (Å²) in [6.07, 6.45) is 0. The highest BCUT2D eigenvalue weighted by Gasteiger charge is 2.77. The molecule has 0 unspecified atom stereocenters. The fourth-order valence-electron chi connectivity index (χ4n) is 6.52. The van der Waals surface area contributed by atoms with E-state index in [0.717, 1.165) is 11.3 Å². The third kappa shape index (κ3) is 4.36. The largest absolute Gasteiger partial charge is 0.464 e. The molecule has 0 amide bonds. The summed E-state index contributed by atoms with van der Waals surface area (Å²) in [4.78, 5) is 33.8. The SMILES string of the molecule is CC(=O)C1(C)C(C)(C)C1(C)C.CO/N=C(\C(=O)OC)c1ccccc1CO/N=C(/C)C1(C)C(C)(C)C1(C)C. The molecule has 3 rings (SSSR count). The van der Waals surface area contributed by atoms with E-state index in [1.165, 1.54) is 14.2 Å². The molecule has 2 fully saturated rings. The predicted octanol–water partition coefficient (Wildman–Crippen LogP) is 6.82. The van der Waals surface area contributed by atoms with Gasteiger partial charge >= 0.3 is 5.97 Å². The maximum atomic E-state index is 12.0. The van der Waals surface area contributed by atoms with Gasteiger partial charge in [0.15, 0.2) is 5.71 Å². The van der Waals surface area contributed by atoms with E-state index in [9.17, 15) is 9.59 Å². The summed E-state index contributed by atoms with van der Waals surface area (Å²) in [5, 5.41) is 8.19. The molecule has 0 atom stereocenters. The number of hydrogen-bond acceptors (Lipinski definition) is 7. The Bertz CT molecular complexity index is 1110. The second kappa shape index (κ2) is 10.1. The Morgan fingerprint density at radius 1 is 0.737 bits per heavy atom. The minimum atomic E-state index is -0.571. The molecule has 0 N–H and O–H groups in total. The Morgan fingerprint density at radius 2 is 1.21 bits per heavy atom. The van der Waals surface area contributed by atoms with E-state index in [-0.39, 0.29) is 44.8 Å². The summed E-state index contributed by atoms with van der Waals surface area (Å²) in [6, 6.07) is 7.33. The Kier molecular flexibility index (Phi) is 8.40. The van der Waals surface area contributed by atoms with Crippen molar-refractivity contribution in [3.8, 4) is 0 Å². The number of Topliss-reactive ketones (excluding diaryl/α,β-unsaturated/α-hetero) is 1. The predicted molar refractivity (Wildman–Crippen MR) is 152 cm³/mol. The number of esters is 1. The molecule has 0 aromatic heterocycles. The number of rotatable bonds is 8. The number of ether oxygens (including phenoxy) is 1. The van der Waals surface area contributed by atoms with Gasteiger partial charge in [-0.05, 0) is 35.5 Å². The van der Waals surface area contributed by atoms with Gasteiger partial charge in [-0.2, -0.15) is 0 Å². The van der Waals surface area contributed by atoms with Gasteiger partial charge in [-0.15, -0.1) is 0 Å². The average Bonchev–Trinajstić information content (AvgIpc) is 3.35. The molecular formula is C31H48N2O5. The molecule has 7 heteroatoms. The van der Waals surface area contributed by atoms with Crippen LogP contribution in [0.15, 0.2) is 34.6 Å². The average molecular weight is 529 g/mol.